The van der Waals surface area contributed by atoms with Gasteiger partial charge in [0, 0.05) is 6.54 Å². The molecule has 0 aliphatic carbocycles. The first-order valence-electron chi connectivity index (χ1n) is 7.83. The predicted octanol–water partition coefficient (Wildman–Crippen LogP) is 2.51. The number of para-hydroxylation sites is 1. The number of anilines is 1. The Balaban J connectivity index is 2.05. The van der Waals surface area contributed by atoms with Gasteiger partial charge in [-0.15, -0.1) is 0 Å². The predicted molar refractivity (Wildman–Crippen MR) is 96.5 cm³/mol. The number of amides is 1. The van der Waals surface area contributed by atoms with Crippen molar-refractivity contribution in [3.05, 3.63) is 66.0 Å². The van der Waals surface area contributed by atoms with E-state index in [2.05, 4.69) is 5.32 Å². The number of benzene rings is 2. The van der Waals surface area contributed by atoms with E-state index in [1.807, 2.05) is 37.3 Å². The lowest BCUT2D eigenvalue weighted by molar-refractivity contribution is -0.119. The molecule has 2 aromatic rings. The van der Waals surface area contributed by atoms with Crippen LogP contribution in [0.15, 0.2) is 54.6 Å². The van der Waals surface area contributed by atoms with E-state index >= 15 is 0 Å². The molecule has 0 heterocycles. The van der Waals surface area contributed by atoms with Crippen LogP contribution in [0.25, 0.3) is 0 Å². The molecule has 0 saturated heterocycles. The van der Waals surface area contributed by atoms with Gasteiger partial charge in [0.05, 0.1) is 11.9 Å². The van der Waals surface area contributed by atoms with E-state index < -0.39 is 28.3 Å². The molecule has 1 N–H and O–H groups in total. The minimum atomic E-state index is -3.79. The number of rotatable bonds is 7. The molecule has 134 valence electrons. The molecule has 0 fully saturated rings. The summed E-state index contributed by atoms with van der Waals surface area (Å²) in [5, 5.41) is 2.71. The summed E-state index contributed by atoms with van der Waals surface area (Å²) in [5.74, 6) is -1.11. The molecule has 25 heavy (non-hydrogen) atoms. The second-order valence-electron chi connectivity index (χ2n) is 5.84. The van der Waals surface area contributed by atoms with Crippen LogP contribution in [0.2, 0.25) is 0 Å². The fraction of sp³-hybridized carbons (Fsp3) is 0.278. The number of sulfonamides is 1. The van der Waals surface area contributed by atoms with Gasteiger partial charge >= 0.3 is 0 Å². The van der Waals surface area contributed by atoms with Crippen molar-refractivity contribution in [2.45, 2.75) is 12.8 Å². The molecule has 0 aliphatic heterocycles. The SMILES string of the molecule is CC(CNC(=O)CN(c1ccccc1F)S(C)(=O)=O)c1ccccc1. The molecule has 0 radical (unpaired) electrons. The Bertz CT molecular complexity index is 825. The van der Waals surface area contributed by atoms with Crippen LogP contribution in [-0.4, -0.2) is 33.7 Å². The number of nitrogens with one attached hydrogen (secondary N) is 1. The van der Waals surface area contributed by atoms with Gasteiger partial charge in [-0.2, -0.15) is 0 Å². The van der Waals surface area contributed by atoms with Crippen LogP contribution >= 0.6 is 0 Å². The zero-order chi connectivity index (χ0) is 18.4. The maximum atomic E-state index is 13.9. The fourth-order valence-corrected chi connectivity index (χ4v) is 3.24. The highest BCUT2D eigenvalue weighted by Crippen LogP contribution is 2.21. The minimum absolute atomic E-state index is 0.0743. The summed E-state index contributed by atoms with van der Waals surface area (Å²) < 4.78 is 38.6. The van der Waals surface area contributed by atoms with Crippen LogP contribution in [0, 0.1) is 5.82 Å². The maximum absolute atomic E-state index is 13.9. The number of nitrogens with zero attached hydrogens (tertiary/aromatic N) is 1. The van der Waals surface area contributed by atoms with Crippen LogP contribution < -0.4 is 9.62 Å². The van der Waals surface area contributed by atoms with E-state index in [0.717, 1.165) is 22.2 Å². The molecule has 1 amide bonds. The second kappa shape index (κ2) is 8.11. The molecule has 7 heteroatoms. The quantitative estimate of drug-likeness (QED) is 0.821. The highest BCUT2D eigenvalue weighted by atomic mass is 32.2. The highest BCUT2D eigenvalue weighted by Gasteiger charge is 2.23. The van der Waals surface area contributed by atoms with Gasteiger partial charge in [-0.05, 0) is 23.6 Å². The van der Waals surface area contributed by atoms with Crippen molar-refractivity contribution >= 4 is 21.6 Å². The normalized spacial score (nSPS) is 12.4. The summed E-state index contributed by atoms with van der Waals surface area (Å²) in [4.78, 5) is 12.2. The van der Waals surface area contributed by atoms with E-state index in [1.54, 1.807) is 0 Å². The van der Waals surface area contributed by atoms with Crippen molar-refractivity contribution in [1.29, 1.82) is 0 Å². The van der Waals surface area contributed by atoms with Gasteiger partial charge in [0.1, 0.15) is 12.4 Å². The standard InChI is InChI=1S/C18H21FN2O3S/c1-14(15-8-4-3-5-9-15)12-20-18(22)13-21(25(2,23)24)17-11-7-6-10-16(17)19/h3-11,14H,12-13H2,1-2H3,(H,20,22). The van der Waals surface area contributed by atoms with Gasteiger partial charge in [-0.3, -0.25) is 9.10 Å². The first-order valence-corrected chi connectivity index (χ1v) is 9.67. The van der Waals surface area contributed by atoms with Crippen molar-refractivity contribution in [1.82, 2.24) is 5.32 Å². The fourth-order valence-electron chi connectivity index (χ4n) is 2.39. The van der Waals surface area contributed by atoms with Crippen LogP contribution in [0.4, 0.5) is 10.1 Å². The molecule has 0 bridgehead atoms. The third-order valence-corrected chi connectivity index (χ3v) is 4.91. The third-order valence-electron chi connectivity index (χ3n) is 3.78. The van der Waals surface area contributed by atoms with Crippen LogP contribution in [0.3, 0.4) is 0 Å². The zero-order valence-electron chi connectivity index (χ0n) is 14.1. The highest BCUT2D eigenvalue weighted by molar-refractivity contribution is 7.92. The van der Waals surface area contributed by atoms with Gasteiger partial charge in [-0.25, -0.2) is 12.8 Å². The van der Waals surface area contributed by atoms with E-state index in [-0.39, 0.29) is 11.6 Å². The average molecular weight is 364 g/mol. The lowest BCUT2D eigenvalue weighted by Gasteiger charge is -2.22. The Hall–Kier alpha value is -2.41. The van der Waals surface area contributed by atoms with Crippen molar-refractivity contribution in [3.8, 4) is 0 Å². The molecule has 1 unspecified atom stereocenters. The first kappa shape index (κ1) is 18.9. The molecule has 5 nitrogen and oxygen atoms in total. The second-order valence-corrected chi connectivity index (χ2v) is 7.74. The zero-order valence-corrected chi connectivity index (χ0v) is 15.0. The maximum Gasteiger partial charge on any atom is 0.240 e. The Morgan fingerprint density at radius 2 is 1.72 bits per heavy atom. The topological polar surface area (TPSA) is 66.5 Å². The van der Waals surface area contributed by atoms with Gasteiger partial charge < -0.3 is 5.32 Å². The number of hydrogen-bond acceptors (Lipinski definition) is 3. The molecule has 2 rings (SSSR count). The lowest BCUT2D eigenvalue weighted by Crippen LogP contribution is -2.41. The summed E-state index contributed by atoms with van der Waals surface area (Å²) in [6, 6.07) is 15.1. The number of halogens is 1. The van der Waals surface area contributed by atoms with Crippen LogP contribution in [0.5, 0.6) is 0 Å². The largest absolute Gasteiger partial charge is 0.354 e. The molecule has 2 aromatic carbocycles. The Kier molecular flexibility index (Phi) is 6.14. The van der Waals surface area contributed by atoms with E-state index in [4.69, 9.17) is 0 Å². The summed E-state index contributed by atoms with van der Waals surface area (Å²) in [5.41, 5.74) is 0.924. The lowest BCUT2D eigenvalue weighted by atomic mass is 10.0. The molecule has 1 atom stereocenters. The molecular weight excluding hydrogens is 343 g/mol. The van der Waals surface area contributed by atoms with Gasteiger partial charge in [0.25, 0.3) is 0 Å². The first-order chi connectivity index (χ1) is 11.8. The minimum Gasteiger partial charge on any atom is -0.354 e. The summed E-state index contributed by atoms with van der Waals surface area (Å²) >= 11 is 0. The third kappa shape index (κ3) is 5.29. The number of carbonyl (C=O) groups excluding carboxylic acids is 1. The molecule has 0 spiro atoms. The van der Waals surface area contributed by atoms with Crippen LogP contribution in [-0.2, 0) is 14.8 Å². The summed E-state index contributed by atoms with van der Waals surface area (Å²) in [6.07, 6.45) is 0.944. The smallest absolute Gasteiger partial charge is 0.240 e. The molecular formula is C18H21FN2O3S. The average Bonchev–Trinajstić information content (AvgIpc) is 2.58. The van der Waals surface area contributed by atoms with Gasteiger partial charge in [0.15, 0.2) is 0 Å². The van der Waals surface area contributed by atoms with Crippen LogP contribution in [0.1, 0.15) is 18.4 Å². The van der Waals surface area contributed by atoms with Crippen molar-refractivity contribution < 1.29 is 17.6 Å². The van der Waals surface area contributed by atoms with Crippen molar-refractivity contribution in [3.63, 3.8) is 0 Å². The Morgan fingerprint density at radius 3 is 2.32 bits per heavy atom. The monoisotopic (exact) mass is 364 g/mol. The van der Waals surface area contributed by atoms with Crippen molar-refractivity contribution in [2.75, 3.05) is 23.7 Å². The molecule has 0 aromatic heterocycles. The van der Waals surface area contributed by atoms with E-state index in [9.17, 15) is 17.6 Å². The van der Waals surface area contributed by atoms with Gasteiger partial charge in [0.2, 0.25) is 15.9 Å². The Labute approximate surface area is 147 Å². The van der Waals surface area contributed by atoms with Crippen molar-refractivity contribution in [2.24, 2.45) is 0 Å². The summed E-state index contributed by atoms with van der Waals surface area (Å²) in [7, 11) is -3.79. The molecule has 0 aliphatic rings. The van der Waals surface area contributed by atoms with E-state index in [1.165, 1.54) is 18.2 Å². The molecule has 0 saturated carbocycles. The Morgan fingerprint density at radius 1 is 1.12 bits per heavy atom. The van der Waals surface area contributed by atoms with Gasteiger partial charge in [-0.1, -0.05) is 49.4 Å². The number of carbonyl (C=O) groups is 1. The number of hydrogen-bond donors (Lipinski definition) is 1. The summed E-state index contributed by atoms with van der Waals surface area (Å²) in [6.45, 7) is 1.85. The van der Waals surface area contributed by atoms with E-state index in [0.29, 0.717) is 6.54 Å².